The van der Waals surface area contributed by atoms with Crippen LogP contribution in [0.15, 0.2) is 108 Å². The molecular weight excluding hydrogens is 732 g/mol. The molecule has 53 heavy (non-hydrogen) atoms. The van der Waals surface area contributed by atoms with E-state index in [0.29, 0.717) is 24.2 Å². The van der Waals surface area contributed by atoms with Crippen LogP contribution >= 0.6 is 23.2 Å². The van der Waals surface area contributed by atoms with Crippen molar-refractivity contribution in [3.05, 3.63) is 147 Å². The molecule has 1 heterocycles. The zero-order valence-electron chi connectivity index (χ0n) is 30.3. The summed E-state index contributed by atoms with van der Waals surface area (Å²) in [5, 5.41) is 10.7. The second-order valence-electron chi connectivity index (χ2n) is 14.6. The molecule has 0 bridgehead atoms. The molecule has 1 fully saturated rings. The van der Waals surface area contributed by atoms with Crippen LogP contribution in [0.25, 0.3) is 11.1 Å². The number of rotatable bonds is 10. The first-order valence-electron chi connectivity index (χ1n) is 17.3. The largest absolute Gasteiger partial charge is 0.505 e. The van der Waals surface area contributed by atoms with E-state index in [4.69, 9.17) is 23.2 Å². The van der Waals surface area contributed by atoms with Gasteiger partial charge >= 0.3 is 6.03 Å². The Morgan fingerprint density at radius 2 is 1.45 bits per heavy atom. The number of sulfonamides is 1. The number of carbonyl (C=O) groups excluding carboxylic acids is 1. The smallest absolute Gasteiger partial charge is 0.325 e. The van der Waals surface area contributed by atoms with E-state index in [-0.39, 0.29) is 46.4 Å². The van der Waals surface area contributed by atoms with Crippen LogP contribution in [-0.2, 0) is 35.1 Å². The van der Waals surface area contributed by atoms with E-state index in [0.717, 1.165) is 33.5 Å². The Hall–Kier alpha value is -4.41. The van der Waals surface area contributed by atoms with Gasteiger partial charge in [0.05, 0.1) is 16.8 Å². The Kier molecular flexibility index (Phi) is 10.9. The van der Waals surface area contributed by atoms with Crippen molar-refractivity contribution in [1.82, 2.24) is 9.21 Å². The summed E-state index contributed by atoms with van der Waals surface area (Å²) in [6, 6.07) is 29.4. The molecule has 2 amide bonds. The number of aryl methyl sites for hydroxylation is 1. The van der Waals surface area contributed by atoms with Gasteiger partial charge in [0.2, 0.25) is 10.0 Å². The molecule has 0 spiro atoms. The lowest BCUT2D eigenvalue weighted by atomic mass is 9.84. The lowest BCUT2D eigenvalue weighted by molar-refractivity contribution is 0.218. The molecule has 1 N–H and O–H groups in total. The predicted octanol–water partition coefficient (Wildman–Crippen LogP) is 10.3. The zero-order chi connectivity index (χ0) is 38.2. The summed E-state index contributed by atoms with van der Waals surface area (Å²) in [6.07, 6.45) is 0. The second-order valence-corrected chi connectivity index (χ2v) is 17.4. The van der Waals surface area contributed by atoms with Crippen LogP contribution in [0.2, 0.25) is 10.0 Å². The van der Waals surface area contributed by atoms with Crippen molar-refractivity contribution in [2.75, 3.05) is 11.4 Å². The van der Waals surface area contributed by atoms with Gasteiger partial charge in [-0.3, -0.25) is 4.90 Å². The van der Waals surface area contributed by atoms with E-state index >= 15 is 0 Å². The summed E-state index contributed by atoms with van der Waals surface area (Å²) >= 11 is 12.4. The maximum atomic E-state index is 14.3. The summed E-state index contributed by atoms with van der Waals surface area (Å²) in [4.78, 5) is 17.3. The summed E-state index contributed by atoms with van der Waals surface area (Å²) in [5.41, 5.74) is 6.83. The Labute approximate surface area is 321 Å². The molecular formula is C42H42Cl2FN3O4S. The number of phenols is 1. The van der Waals surface area contributed by atoms with E-state index < -0.39 is 20.7 Å². The lowest BCUT2D eigenvalue weighted by Crippen LogP contribution is -2.36. The molecule has 1 unspecified atom stereocenters. The number of urea groups is 1. The molecule has 1 saturated heterocycles. The molecule has 0 radical (unpaired) electrons. The van der Waals surface area contributed by atoms with E-state index in [1.165, 1.54) is 28.6 Å². The SMILES string of the molecule is Cc1cccc(C(C)(C)C)c1N1C(=O)N(Cc2cccc(CN(Cc3ccc(-c4ccc(F)cc4)cc3)S(=O)(=O)c3cc(Cl)cc(Cl)c3O)c2)CC1C. The number of benzene rings is 5. The number of amides is 2. The van der Waals surface area contributed by atoms with Crippen LogP contribution in [0.5, 0.6) is 5.75 Å². The summed E-state index contributed by atoms with van der Waals surface area (Å²) < 4.78 is 43.3. The Morgan fingerprint density at radius 3 is 2.11 bits per heavy atom. The Bertz CT molecular complexity index is 2260. The highest BCUT2D eigenvalue weighted by Crippen LogP contribution is 2.39. The van der Waals surface area contributed by atoms with Crippen LogP contribution in [0.3, 0.4) is 0 Å². The number of nitrogens with zero attached hydrogens (tertiary/aromatic N) is 3. The summed E-state index contributed by atoms with van der Waals surface area (Å²) in [5.74, 6) is -0.920. The first-order chi connectivity index (χ1) is 25.0. The van der Waals surface area contributed by atoms with Gasteiger partial charge in [-0.15, -0.1) is 0 Å². The highest BCUT2D eigenvalue weighted by Gasteiger charge is 2.38. The quantitative estimate of drug-likeness (QED) is 0.153. The maximum Gasteiger partial charge on any atom is 0.325 e. The van der Waals surface area contributed by atoms with Gasteiger partial charge in [-0.1, -0.05) is 123 Å². The molecule has 1 aliphatic rings. The first kappa shape index (κ1) is 38.3. The fourth-order valence-electron chi connectivity index (χ4n) is 6.85. The fourth-order valence-corrected chi connectivity index (χ4v) is 9.02. The van der Waals surface area contributed by atoms with Crippen molar-refractivity contribution in [2.45, 2.75) is 70.6 Å². The van der Waals surface area contributed by atoms with Gasteiger partial charge in [0.1, 0.15) is 10.7 Å². The maximum absolute atomic E-state index is 14.3. The summed E-state index contributed by atoms with van der Waals surface area (Å²) in [7, 11) is -4.35. The van der Waals surface area contributed by atoms with Gasteiger partial charge in [0, 0.05) is 31.2 Å². The highest BCUT2D eigenvalue weighted by atomic mass is 35.5. The third-order valence-corrected chi connectivity index (χ3v) is 11.8. The van der Waals surface area contributed by atoms with E-state index in [9.17, 15) is 22.7 Å². The van der Waals surface area contributed by atoms with Crippen molar-refractivity contribution in [2.24, 2.45) is 0 Å². The number of para-hydroxylation sites is 1. The minimum Gasteiger partial charge on any atom is -0.505 e. The van der Waals surface area contributed by atoms with Gasteiger partial charge < -0.3 is 10.0 Å². The molecule has 1 aliphatic heterocycles. The summed E-state index contributed by atoms with van der Waals surface area (Å²) in [6.45, 7) is 11.3. The second kappa shape index (κ2) is 15.1. The van der Waals surface area contributed by atoms with Gasteiger partial charge in [-0.25, -0.2) is 17.6 Å². The van der Waals surface area contributed by atoms with E-state index in [1.54, 1.807) is 12.1 Å². The van der Waals surface area contributed by atoms with Crippen LogP contribution < -0.4 is 4.90 Å². The van der Waals surface area contributed by atoms with Crippen LogP contribution in [0, 0.1) is 12.7 Å². The van der Waals surface area contributed by atoms with E-state index in [1.807, 2.05) is 77.4 Å². The standard InChI is InChI=1S/C42H42Cl2FN3O4S/c1-27-8-6-11-36(42(3,4)5)39(27)48-28(2)23-46(41(48)50)24-30-9-7-10-31(20-30)26-47(53(51,52)38-22-34(43)21-37(44)40(38)49)25-29-12-14-32(15-13-29)33-16-18-35(45)19-17-33/h6-22,28,49H,23-26H2,1-5H3. The highest BCUT2D eigenvalue weighted by molar-refractivity contribution is 7.89. The molecule has 0 saturated carbocycles. The van der Waals surface area contributed by atoms with Crippen LogP contribution in [0.1, 0.15) is 55.5 Å². The van der Waals surface area contributed by atoms with Crippen molar-refractivity contribution >= 4 is 44.9 Å². The number of halogens is 3. The first-order valence-corrected chi connectivity index (χ1v) is 19.5. The third kappa shape index (κ3) is 8.24. The van der Waals surface area contributed by atoms with Gasteiger partial charge in [-0.05, 0) is 82.5 Å². The molecule has 11 heteroatoms. The fraction of sp³-hybridized carbons (Fsp3) is 0.262. The molecule has 5 aromatic rings. The lowest BCUT2D eigenvalue weighted by Gasteiger charge is -2.31. The molecule has 1 atom stereocenters. The van der Waals surface area contributed by atoms with Crippen molar-refractivity contribution in [3.63, 3.8) is 0 Å². The molecule has 276 valence electrons. The van der Waals surface area contributed by atoms with Crippen LogP contribution in [-0.4, -0.2) is 41.3 Å². The zero-order valence-corrected chi connectivity index (χ0v) is 32.6. The average molecular weight is 775 g/mol. The predicted molar refractivity (Wildman–Crippen MR) is 210 cm³/mol. The average Bonchev–Trinajstić information content (AvgIpc) is 3.37. The monoisotopic (exact) mass is 773 g/mol. The number of hydrogen-bond donors (Lipinski definition) is 1. The molecule has 5 aromatic carbocycles. The Morgan fingerprint density at radius 1 is 0.849 bits per heavy atom. The normalized spacial score (nSPS) is 15.1. The Balaban J connectivity index is 1.28. The number of carbonyl (C=O) groups is 1. The van der Waals surface area contributed by atoms with Gasteiger partial charge in [0.25, 0.3) is 0 Å². The minimum absolute atomic E-state index is 0.0382. The van der Waals surface area contributed by atoms with Crippen molar-refractivity contribution < 1.29 is 22.7 Å². The van der Waals surface area contributed by atoms with Gasteiger partial charge in [0.15, 0.2) is 5.75 Å². The van der Waals surface area contributed by atoms with E-state index in [2.05, 4.69) is 33.8 Å². The molecule has 0 aliphatic carbocycles. The molecule has 6 rings (SSSR count). The topological polar surface area (TPSA) is 81.2 Å². The number of anilines is 1. The third-order valence-electron chi connectivity index (χ3n) is 9.51. The van der Waals surface area contributed by atoms with Crippen LogP contribution in [0.4, 0.5) is 14.9 Å². The number of aromatic hydroxyl groups is 1. The van der Waals surface area contributed by atoms with Crippen molar-refractivity contribution in [3.8, 4) is 16.9 Å². The number of phenolic OH excluding ortho intramolecular Hbond substituents is 1. The molecule has 0 aromatic heterocycles. The number of hydrogen-bond acceptors (Lipinski definition) is 4. The molecule has 7 nitrogen and oxygen atoms in total. The van der Waals surface area contributed by atoms with Gasteiger partial charge in [-0.2, -0.15) is 4.31 Å². The minimum atomic E-state index is -4.35. The van der Waals surface area contributed by atoms with Crippen molar-refractivity contribution in [1.29, 1.82) is 0 Å².